The van der Waals surface area contributed by atoms with E-state index in [2.05, 4.69) is 15.2 Å². The number of hydrogen-bond donors (Lipinski definition) is 2. The summed E-state index contributed by atoms with van der Waals surface area (Å²) in [4.78, 5) is 36.2. The van der Waals surface area contributed by atoms with Gasteiger partial charge in [0.05, 0.1) is 17.6 Å². The quantitative estimate of drug-likeness (QED) is 0.723. The molecule has 0 aliphatic rings. The van der Waals surface area contributed by atoms with Gasteiger partial charge in [-0.15, -0.1) is 11.3 Å². The lowest BCUT2D eigenvalue weighted by Crippen LogP contribution is -2.25. The summed E-state index contributed by atoms with van der Waals surface area (Å²) in [5, 5.41) is 6.36. The van der Waals surface area contributed by atoms with Crippen molar-refractivity contribution in [3.8, 4) is 0 Å². The van der Waals surface area contributed by atoms with E-state index in [-0.39, 0.29) is 21.0 Å². The third kappa shape index (κ3) is 3.97. The van der Waals surface area contributed by atoms with Crippen molar-refractivity contribution in [3.05, 3.63) is 33.5 Å². The number of nitrogens with zero attached hydrogens (tertiary/aromatic N) is 2. The van der Waals surface area contributed by atoms with E-state index in [1.165, 1.54) is 19.9 Å². The number of carbonyl (C=O) groups excluding carboxylic acids is 3. The molecule has 0 saturated carbocycles. The minimum absolute atomic E-state index is 0.0160. The molecule has 0 bridgehead atoms. The van der Waals surface area contributed by atoms with E-state index in [1.807, 2.05) is 0 Å². The van der Waals surface area contributed by atoms with Gasteiger partial charge in [0, 0.05) is 5.69 Å². The van der Waals surface area contributed by atoms with Gasteiger partial charge in [0.2, 0.25) is 5.91 Å². The summed E-state index contributed by atoms with van der Waals surface area (Å²) < 4.78 is 31.5. The predicted octanol–water partition coefficient (Wildman–Crippen LogP) is 2.58. The Balaban J connectivity index is 2.36. The van der Waals surface area contributed by atoms with Crippen molar-refractivity contribution in [2.24, 2.45) is 5.73 Å². The Labute approximate surface area is 157 Å². The first-order valence-electron chi connectivity index (χ1n) is 7.75. The van der Waals surface area contributed by atoms with Crippen LogP contribution in [0, 0.1) is 13.8 Å². The van der Waals surface area contributed by atoms with Gasteiger partial charge in [-0.1, -0.05) is 0 Å². The number of primary amides is 1. The number of aromatic nitrogens is 2. The normalized spacial score (nSPS) is 12.1. The molecular weight excluding hydrogens is 382 g/mol. The van der Waals surface area contributed by atoms with E-state index < -0.39 is 35.9 Å². The number of alkyl halides is 2. The lowest BCUT2D eigenvalue weighted by molar-refractivity contribution is -0.119. The molecule has 0 fully saturated rings. The number of nitrogens with two attached hydrogens (primary N) is 1. The minimum Gasteiger partial charge on any atom is -0.465 e. The van der Waals surface area contributed by atoms with Gasteiger partial charge in [0.1, 0.15) is 16.7 Å². The Morgan fingerprint density at radius 2 is 1.96 bits per heavy atom. The van der Waals surface area contributed by atoms with Crippen LogP contribution in [0.2, 0.25) is 0 Å². The first-order valence-corrected chi connectivity index (χ1v) is 8.56. The Hall–Kier alpha value is -2.82. The molecule has 146 valence electrons. The molecule has 0 radical (unpaired) electrons. The van der Waals surface area contributed by atoms with E-state index in [9.17, 15) is 23.2 Å². The van der Waals surface area contributed by atoms with Gasteiger partial charge in [-0.2, -0.15) is 5.10 Å². The fourth-order valence-electron chi connectivity index (χ4n) is 2.52. The number of methoxy groups -OCH3 is 1. The molecule has 2 amide bonds. The van der Waals surface area contributed by atoms with E-state index in [0.29, 0.717) is 5.69 Å². The van der Waals surface area contributed by atoms with Gasteiger partial charge in [0.15, 0.2) is 0 Å². The second kappa shape index (κ2) is 7.82. The van der Waals surface area contributed by atoms with Crippen LogP contribution in [0.1, 0.15) is 56.4 Å². The van der Waals surface area contributed by atoms with E-state index >= 15 is 0 Å². The topological polar surface area (TPSA) is 116 Å². The van der Waals surface area contributed by atoms with Crippen LogP contribution in [-0.2, 0) is 9.53 Å². The monoisotopic (exact) mass is 400 g/mol. The van der Waals surface area contributed by atoms with Crippen molar-refractivity contribution in [2.45, 2.75) is 33.2 Å². The van der Waals surface area contributed by atoms with Crippen molar-refractivity contribution in [1.82, 2.24) is 9.78 Å². The Bertz CT molecular complexity index is 907. The van der Waals surface area contributed by atoms with E-state index in [0.717, 1.165) is 23.1 Å². The van der Waals surface area contributed by atoms with Crippen LogP contribution in [0.4, 0.5) is 13.8 Å². The van der Waals surface area contributed by atoms with Crippen LogP contribution in [-0.4, -0.2) is 34.7 Å². The third-order valence-electron chi connectivity index (χ3n) is 3.91. The van der Waals surface area contributed by atoms with E-state index in [4.69, 9.17) is 5.73 Å². The maximum Gasteiger partial charge on any atom is 0.341 e. The molecule has 2 rings (SSSR count). The SMILES string of the molecule is COC(=O)c1c(NC(=O)C(C)n2nc(C(F)F)cc2C)sc(C(N)=O)c1C. The average molecular weight is 400 g/mol. The number of esters is 1. The molecule has 0 saturated heterocycles. The fourth-order valence-corrected chi connectivity index (χ4v) is 3.57. The number of rotatable bonds is 6. The smallest absolute Gasteiger partial charge is 0.341 e. The molecular formula is C16H18F2N4O4S. The van der Waals surface area contributed by atoms with Gasteiger partial charge in [-0.25, -0.2) is 13.6 Å². The standard InChI is InChI=1S/C16H18F2N4O4S/c1-6-5-9(12(17)18)21-22(6)8(3)14(24)20-15-10(16(25)26-4)7(2)11(27-15)13(19)23/h5,8,12H,1-4H3,(H2,19,23)(H,20,24). The minimum atomic E-state index is -2.76. The second-order valence-electron chi connectivity index (χ2n) is 5.74. The van der Waals surface area contributed by atoms with Gasteiger partial charge in [-0.3, -0.25) is 14.3 Å². The second-order valence-corrected chi connectivity index (χ2v) is 6.76. The number of anilines is 1. The van der Waals surface area contributed by atoms with Crippen molar-refractivity contribution < 1.29 is 27.9 Å². The first kappa shape index (κ1) is 20.5. The number of nitrogens with one attached hydrogen (secondary N) is 1. The molecule has 0 aromatic carbocycles. The molecule has 1 atom stereocenters. The molecule has 3 N–H and O–H groups in total. The van der Waals surface area contributed by atoms with Gasteiger partial charge >= 0.3 is 5.97 Å². The number of halogens is 2. The highest BCUT2D eigenvalue weighted by Crippen LogP contribution is 2.34. The van der Waals surface area contributed by atoms with Crippen molar-refractivity contribution >= 4 is 34.1 Å². The molecule has 2 aromatic rings. The summed E-state index contributed by atoms with van der Waals surface area (Å²) in [6, 6.07) is 0.247. The number of thiophene rings is 1. The van der Waals surface area contributed by atoms with Crippen LogP contribution < -0.4 is 11.1 Å². The summed E-state index contributed by atoms with van der Waals surface area (Å²) in [7, 11) is 1.16. The van der Waals surface area contributed by atoms with Crippen molar-refractivity contribution in [3.63, 3.8) is 0 Å². The zero-order valence-electron chi connectivity index (χ0n) is 15.0. The maximum absolute atomic E-state index is 12.8. The van der Waals surface area contributed by atoms with Crippen LogP contribution in [0.25, 0.3) is 0 Å². The molecule has 0 aliphatic heterocycles. The van der Waals surface area contributed by atoms with Gasteiger partial charge in [-0.05, 0) is 32.4 Å². The predicted molar refractivity (Wildman–Crippen MR) is 94.2 cm³/mol. The van der Waals surface area contributed by atoms with Gasteiger partial charge < -0.3 is 15.8 Å². The van der Waals surface area contributed by atoms with Crippen molar-refractivity contribution in [1.29, 1.82) is 0 Å². The number of amides is 2. The summed E-state index contributed by atoms with van der Waals surface area (Å²) in [6.45, 7) is 4.52. The highest BCUT2D eigenvalue weighted by atomic mass is 32.1. The average Bonchev–Trinajstić information content (AvgIpc) is 3.14. The highest BCUT2D eigenvalue weighted by Gasteiger charge is 2.28. The molecule has 2 aromatic heterocycles. The Kier molecular flexibility index (Phi) is 5.94. The molecule has 0 aliphatic carbocycles. The zero-order valence-corrected chi connectivity index (χ0v) is 15.8. The molecule has 27 heavy (non-hydrogen) atoms. The van der Waals surface area contributed by atoms with Gasteiger partial charge in [0.25, 0.3) is 12.3 Å². The Morgan fingerprint density at radius 3 is 2.44 bits per heavy atom. The number of hydrogen-bond acceptors (Lipinski definition) is 6. The summed E-state index contributed by atoms with van der Waals surface area (Å²) >= 11 is 0.836. The lowest BCUT2D eigenvalue weighted by Gasteiger charge is -2.14. The Morgan fingerprint density at radius 1 is 1.33 bits per heavy atom. The zero-order chi connectivity index (χ0) is 20.5. The van der Waals surface area contributed by atoms with Crippen molar-refractivity contribution in [2.75, 3.05) is 12.4 Å². The maximum atomic E-state index is 12.8. The van der Waals surface area contributed by atoms with E-state index in [1.54, 1.807) is 6.92 Å². The molecule has 8 nitrogen and oxygen atoms in total. The summed E-state index contributed by atoms with van der Waals surface area (Å²) in [6.07, 6.45) is -2.76. The third-order valence-corrected chi connectivity index (χ3v) is 5.13. The van der Waals surface area contributed by atoms with Crippen LogP contribution in [0.5, 0.6) is 0 Å². The van der Waals surface area contributed by atoms with Crippen LogP contribution in [0.15, 0.2) is 6.07 Å². The van der Waals surface area contributed by atoms with Crippen LogP contribution >= 0.6 is 11.3 Å². The summed E-state index contributed by atoms with van der Waals surface area (Å²) in [5.74, 6) is -2.10. The molecule has 1 unspecified atom stereocenters. The number of aryl methyl sites for hydroxylation is 1. The number of ether oxygens (including phenoxy) is 1. The highest BCUT2D eigenvalue weighted by molar-refractivity contribution is 7.18. The lowest BCUT2D eigenvalue weighted by atomic mass is 10.1. The number of carbonyl (C=O) groups is 3. The fraction of sp³-hybridized carbons (Fsp3) is 0.375. The van der Waals surface area contributed by atoms with Crippen LogP contribution in [0.3, 0.4) is 0 Å². The summed E-state index contributed by atoms with van der Waals surface area (Å²) in [5.41, 5.74) is 5.53. The largest absolute Gasteiger partial charge is 0.465 e. The molecule has 2 heterocycles. The first-order chi connectivity index (χ1) is 12.6. The molecule has 11 heteroatoms. The molecule has 0 spiro atoms.